The fourth-order valence-corrected chi connectivity index (χ4v) is 2.57. The zero-order chi connectivity index (χ0) is 14.3. The smallest absolute Gasteiger partial charge is 0.319 e. The fourth-order valence-electron chi connectivity index (χ4n) is 2.04. The number of halogens is 2. The quantitative estimate of drug-likeness (QED) is 0.577. The molecule has 0 atom stereocenters. The molecule has 0 aliphatic carbocycles. The standard InChI is InChI=1S/C13H7BrClN3O2/c14-7-3-4-10-8(6-7)12(19)17-9-2-1-5-16-11(9)18(10)13(15)20/h1-6H,(H,17,19). The predicted molar refractivity (Wildman–Crippen MR) is 79.7 cm³/mol. The topological polar surface area (TPSA) is 62.3 Å². The molecular weight excluding hydrogens is 346 g/mol. The lowest BCUT2D eigenvalue weighted by molar-refractivity contribution is 0.102. The van der Waals surface area contributed by atoms with Gasteiger partial charge in [0.25, 0.3) is 5.91 Å². The van der Waals surface area contributed by atoms with Gasteiger partial charge in [-0.3, -0.25) is 9.59 Å². The third-order valence-electron chi connectivity index (χ3n) is 2.87. The minimum absolute atomic E-state index is 0.293. The van der Waals surface area contributed by atoms with E-state index >= 15 is 0 Å². The molecule has 0 saturated carbocycles. The van der Waals surface area contributed by atoms with Gasteiger partial charge >= 0.3 is 5.37 Å². The summed E-state index contributed by atoms with van der Waals surface area (Å²) in [6, 6.07) is 8.33. The highest BCUT2D eigenvalue weighted by atomic mass is 79.9. The second-order valence-corrected chi connectivity index (χ2v) is 5.32. The van der Waals surface area contributed by atoms with Crippen molar-refractivity contribution >= 4 is 56.0 Å². The minimum atomic E-state index is -0.731. The summed E-state index contributed by atoms with van der Waals surface area (Å²) in [4.78, 5) is 29.4. The largest absolute Gasteiger partial charge is 0.326 e. The number of amides is 2. The minimum Gasteiger partial charge on any atom is -0.319 e. The van der Waals surface area contributed by atoms with E-state index in [1.807, 2.05) is 0 Å². The summed E-state index contributed by atoms with van der Waals surface area (Å²) < 4.78 is 0.729. The zero-order valence-corrected chi connectivity index (χ0v) is 12.3. The normalized spacial score (nSPS) is 13.1. The van der Waals surface area contributed by atoms with Crippen LogP contribution in [0.2, 0.25) is 0 Å². The molecule has 3 rings (SSSR count). The highest BCUT2D eigenvalue weighted by molar-refractivity contribution is 9.10. The molecule has 1 aliphatic rings. The van der Waals surface area contributed by atoms with Gasteiger partial charge in [-0.1, -0.05) is 15.9 Å². The Kier molecular flexibility index (Phi) is 3.19. The first-order valence-electron chi connectivity index (χ1n) is 5.63. The van der Waals surface area contributed by atoms with Crippen LogP contribution < -0.4 is 10.2 Å². The van der Waals surface area contributed by atoms with Gasteiger partial charge in [-0.2, -0.15) is 0 Å². The average molecular weight is 353 g/mol. The maximum absolute atomic E-state index is 12.2. The number of carbonyl (C=O) groups excluding carboxylic acids is 2. The summed E-state index contributed by atoms with van der Waals surface area (Å²) in [6.45, 7) is 0. The molecule has 0 unspecified atom stereocenters. The van der Waals surface area contributed by atoms with Gasteiger partial charge < -0.3 is 5.32 Å². The van der Waals surface area contributed by atoms with E-state index in [0.717, 1.165) is 4.47 Å². The summed E-state index contributed by atoms with van der Waals surface area (Å²) in [5.41, 5.74) is 1.16. The molecule has 20 heavy (non-hydrogen) atoms. The molecule has 2 amide bonds. The molecule has 1 aromatic carbocycles. The number of rotatable bonds is 0. The van der Waals surface area contributed by atoms with Gasteiger partial charge in [0.15, 0.2) is 5.82 Å². The number of anilines is 3. The van der Waals surface area contributed by atoms with Crippen LogP contribution in [-0.2, 0) is 0 Å². The molecule has 100 valence electrons. The van der Waals surface area contributed by atoms with Gasteiger partial charge in [0.1, 0.15) is 0 Å². The van der Waals surface area contributed by atoms with Crippen LogP contribution in [0.3, 0.4) is 0 Å². The summed E-state index contributed by atoms with van der Waals surface area (Å²) in [6.07, 6.45) is 1.53. The maximum atomic E-state index is 12.2. The monoisotopic (exact) mass is 351 g/mol. The van der Waals surface area contributed by atoms with Crippen LogP contribution in [0.25, 0.3) is 0 Å². The molecular formula is C13H7BrClN3O2. The van der Waals surface area contributed by atoms with E-state index < -0.39 is 5.37 Å². The Bertz CT molecular complexity index is 735. The van der Waals surface area contributed by atoms with Gasteiger partial charge in [0.2, 0.25) is 0 Å². The van der Waals surface area contributed by atoms with Crippen LogP contribution in [-0.4, -0.2) is 16.3 Å². The lowest BCUT2D eigenvalue weighted by atomic mass is 10.1. The number of aromatic nitrogens is 1. The Morgan fingerprint density at radius 3 is 2.90 bits per heavy atom. The predicted octanol–water partition coefficient (Wildman–Crippen LogP) is 3.91. The highest BCUT2D eigenvalue weighted by Gasteiger charge is 2.29. The van der Waals surface area contributed by atoms with E-state index in [-0.39, 0.29) is 5.91 Å². The molecule has 1 aliphatic heterocycles. The van der Waals surface area contributed by atoms with Crippen molar-refractivity contribution in [3.8, 4) is 0 Å². The number of hydrogen-bond acceptors (Lipinski definition) is 3. The number of hydrogen-bond donors (Lipinski definition) is 1. The van der Waals surface area contributed by atoms with Gasteiger partial charge in [-0.15, -0.1) is 0 Å². The second-order valence-electron chi connectivity index (χ2n) is 4.08. The highest BCUT2D eigenvalue weighted by Crippen LogP contribution is 2.37. The van der Waals surface area contributed by atoms with Crippen molar-refractivity contribution in [2.24, 2.45) is 0 Å². The summed E-state index contributed by atoms with van der Waals surface area (Å²) in [5.74, 6) is -0.0297. The van der Waals surface area contributed by atoms with Crippen molar-refractivity contribution in [2.75, 3.05) is 10.2 Å². The number of pyridine rings is 1. The first kappa shape index (κ1) is 13.1. The molecule has 0 fully saturated rings. The Hall–Kier alpha value is -1.92. The van der Waals surface area contributed by atoms with E-state index in [9.17, 15) is 9.59 Å². The molecule has 0 spiro atoms. The third kappa shape index (κ3) is 2.07. The lowest BCUT2D eigenvalue weighted by Crippen LogP contribution is -2.21. The van der Waals surface area contributed by atoms with Gasteiger partial charge in [-0.25, -0.2) is 9.88 Å². The van der Waals surface area contributed by atoms with E-state index in [1.165, 1.54) is 11.1 Å². The molecule has 2 aromatic rings. The van der Waals surface area contributed by atoms with E-state index in [2.05, 4.69) is 26.2 Å². The molecule has 0 radical (unpaired) electrons. The number of carbonyl (C=O) groups is 2. The van der Waals surface area contributed by atoms with E-state index in [0.29, 0.717) is 22.8 Å². The first-order valence-corrected chi connectivity index (χ1v) is 6.80. The Morgan fingerprint density at radius 2 is 2.15 bits per heavy atom. The second kappa shape index (κ2) is 4.88. The maximum Gasteiger partial charge on any atom is 0.326 e. The Labute approximate surface area is 127 Å². The van der Waals surface area contributed by atoms with Crippen molar-refractivity contribution in [1.82, 2.24) is 4.98 Å². The average Bonchev–Trinajstić information content (AvgIpc) is 2.53. The van der Waals surface area contributed by atoms with Crippen LogP contribution in [0, 0.1) is 0 Å². The van der Waals surface area contributed by atoms with E-state index in [4.69, 9.17) is 11.6 Å². The molecule has 5 nitrogen and oxygen atoms in total. The number of nitrogens with one attached hydrogen (secondary N) is 1. The van der Waals surface area contributed by atoms with E-state index in [1.54, 1.807) is 30.3 Å². The van der Waals surface area contributed by atoms with Gasteiger partial charge in [0, 0.05) is 10.7 Å². The summed E-state index contributed by atoms with van der Waals surface area (Å²) >= 11 is 8.97. The third-order valence-corrected chi connectivity index (χ3v) is 3.53. The zero-order valence-electron chi connectivity index (χ0n) is 9.93. The van der Waals surface area contributed by atoms with Crippen molar-refractivity contribution in [2.45, 2.75) is 0 Å². The van der Waals surface area contributed by atoms with Crippen molar-refractivity contribution in [1.29, 1.82) is 0 Å². The van der Waals surface area contributed by atoms with Crippen LogP contribution in [0.4, 0.5) is 22.0 Å². The fraction of sp³-hybridized carbons (Fsp3) is 0. The summed E-state index contributed by atoms with van der Waals surface area (Å²) in [7, 11) is 0. The molecule has 1 N–H and O–H groups in total. The van der Waals surface area contributed by atoms with Crippen LogP contribution in [0.1, 0.15) is 10.4 Å². The number of nitrogens with zero attached hydrogens (tertiary/aromatic N) is 2. The molecule has 1 aromatic heterocycles. The SMILES string of the molecule is O=C1Nc2cccnc2N(C(=O)Cl)c2ccc(Br)cc21. The number of fused-ring (bicyclic) bond motifs is 2. The van der Waals surface area contributed by atoms with Crippen LogP contribution in [0.5, 0.6) is 0 Å². The number of benzene rings is 1. The molecule has 7 heteroatoms. The van der Waals surface area contributed by atoms with Crippen molar-refractivity contribution < 1.29 is 9.59 Å². The molecule has 0 saturated heterocycles. The summed E-state index contributed by atoms with van der Waals surface area (Å²) in [5, 5.41) is 1.98. The van der Waals surface area contributed by atoms with Crippen molar-refractivity contribution in [3.63, 3.8) is 0 Å². The molecule has 0 bridgehead atoms. The van der Waals surface area contributed by atoms with Crippen molar-refractivity contribution in [3.05, 3.63) is 46.6 Å². The van der Waals surface area contributed by atoms with Gasteiger partial charge in [0.05, 0.1) is 16.9 Å². The van der Waals surface area contributed by atoms with Crippen LogP contribution >= 0.6 is 27.5 Å². The van der Waals surface area contributed by atoms with Gasteiger partial charge in [-0.05, 0) is 41.9 Å². The Morgan fingerprint density at radius 1 is 1.35 bits per heavy atom. The lowest BCUT2D eigenvalue weighted by Gasteiger charge is -2.19. The van der Waals surface area contributed by atoms with Crippen LogP contribution in [0.15, 0.2) is 41.0 Å². The first-order chi connectivity index (χ1) is 9.58. The molecule has 2 heterocycles. The Balaban J connectivity index is 2.32.